The molecule has 1 atom stereocenters. The van der Waals surface area contributed by atoms with E-state index in [0.29, 0.717) is 35.9 Å². The Morgan fingerprint density at radius 3 is 2.80 bits per heavy atom. The van der Waals surface area contributed by atoms with Crippen molar-refractivity contribution in [3.63, 3.8) is 0 Å². The Bertz CT molecular complexity index is 1110. The van der Waals surface area contributed by atoms with Crippen LogP contribution in [0.5, 0.6) is 0 Å². The van der Waals surface area contributed by atoms with Gasteiger partial charge < -0.3 is 11.1 Å². The third-order valence-electron chi connectivity index (χ3n) is 5.12. The van der Waals surface area contributed by atoms with Gasteiger partial charge in [-0.15, -0.1) is 0 Å². The van der Waals surface area contributed by atoms with Gasteiger partial charge in [-0.1, -0.05) is 12.1 Å². The van der Waals surface area contributed by atoms with E-state index in [2.05, 4.69) is 20.5 Å². The molecule has 8 nitrogen and oxygen atoms in total. The average molecular weight is 407 g/mol. The number of anilines is 2. The molecule has 3 aromatic rings. The SMILES string of the molecule is Cc1cc(F)cc2c1/C(=N\N(C=O)Cc1ccc(N)cc1)C(c1ncnn1C)CN2. The number of nitrogen functional groups attached to an aromatic ring is 1. The van der Waals surface area contributed by atoms with Crippen LogP contribution in [0, 0.1) is 12.7 Å². The van der Waals surface area contributed by atoms with Crippen molar-refractivity contribution < 1.29 is 9.18 Å². The monoisotopic (exact) mass is 407 g/mol. The zero-order valence-corrected chi connectivity index (χ0v) is 16.7. The zero-order valence-electron chi connectivity index (χ0n) is 16.7. The fourth-order valence-electron chi connectivity index (χ4n) is 3.70. The van der Waals surface area contributed by atoms with E-state index in [4.69, 9.17) is 5.73 Å². The molecule has 0 radical (unpaired) electrons. The Labute approximate surface area is 173 Å². The number of benzene rings is 2. The number of nitrogens with two attached hydrogens (primary N) is 1. The van der Waals surface area contributed by atoms with E-state index < -0.39 is 0 Å². The van der Waals surface area contributed by atoms with Gasteiger partial charge in [0.2, 0.25) is 6.41 Å². The number of fused-ring (bicyclic) bond motifs is 1. The summed E-state index contributed by atoms with van der Waals surface area (Å²) in [6.07, 6.45) is 2.16. The molecule has 0 saturated heterocycles. The van der Waals surface area contributed by atoms with E-state index in [-0.39, 0.29) is 18.3 Å². The van der Waals surface area contributed by atoms with Crippen molar-refractivity contribution in [1.29, 1.82) is 0 Å². The Kier molecular flexibility index (Phi) is 5.18. The number of carbonyl (C=O) groups excluding carboxylic acids is 1. The minimum atomic E-state index is -0.329. The number of amides is 1. The molecule has 2 aromatic carbocycles. The number of hydrogen-bond donors (Lipinski definition) is 2. The van der Waals surface area contributed by atoms with Gasteiger partial charge in [-0.3, -0.25) is 9.48 Å². The molecule has 0 saturated carbocycles. The summed E-state index contributed by atoms with van der Waals surface area (Å²) in [5, 5.41) is 13.5. The Hall–Kier alpha value is -3.75. The molecule has 1 aliphatic rings. The fraction of sp³-hybridized carbons (Fsp3) is 0.238. The van der Waals surface area contributed by atoms with Crippen LogP contribution in [-0.4, -0.2) is 38.4 Å². The van der Waals surface area contributed by atoms with E-state index in [1.807, 2.05) is 19.1 Å². The van der Waals surface area contributed by atoms with Gasteiger partial charge in [-0.05, 0) is 42.3 Å². The molecule has 1 aromatic heterocycles. The predicted molar refractivity (Wildman–Crippen MR) is 112 cm³/mol. The normalized spacial score (nSPS) is 16.8. The lowest BCUT2D eigenvalue weighted by Gasteiger charge is -2.29. The molecule has 0 aliphatic carbocycles. The highest BCUT2D eigenvalue weighted by Crippen LogP contribution is 2.33. The van der Waals surface area contributed by atoms with Gasteiger partial charge in [-0.25, -0.2) is 14.4 Å². The second-order valence-corrected chi connectivity index (χ2v) is 7.25. The van der Waals surface area contributed by atoms with Crippen molar-refractivity contribution >= 4 is 23.5 Å². The van der Waals surface area contributed by atoms with Crippen molar-refractivity contribution in [1.82, 2.24) is 19.8 Å². The maximum absolute atomic E-state index is 14.0. The minimum Gasteiger partial charge on any atom is -0.399 e. The first kappa shape index (κ1) is 19.6. The molecule has 0 spiro atoms. The van der Waals surface area contributed by atoms with Crippen LogP contribution >= 0.6 is 0 Å². The smallest absolute Gasteiger partial charge is 0.230 e. The summed E-state index contributed by atoms with van der Waals surface area (Å²) in [7, 11) is 1.80. The van der Waals surface area contributed by atoms with Crippen LogP contribution in [0.4, 0.5) is 15.8 Å². The number of aromatic nitrogens is 3. The highest BCUT2D eigenvalue weighted by molar-refractivity contribution is 6.11. The van der Waals surface area contributed by atoms with Crippen LogP contribution in [0.1, 0.15) is 28.4 Å². The second kappa shape index (κ2) is 7.94. The molecule has 2 heterocycles. The Morgan fingerprint density at radius 2 is 2.13 bits per heavy atom. The van der Waals surface area contributed by atoms with Crippen LogP contribution in [0.3, 0.4) is 0 Å². The molecule has 30 heavy (non-hydrogen) atoms. The first-order valence-electron chi connectivity index (χ1n) is 9.49. The first-order chi connectivity index (χ1) is 14.5. The van der Waals surface area contributed by atoms with E-state index in [9.17, 15) is 9.18 Å². The molecule has 1 unspecified atom stereocenters. The maximum atomic E-state index is 14.0. The quantitative estimate of drug-likeness (QED) is 0.384. The Balaban J connectivity index is 1.79. The molecular formula is C21H22FN7O. The summed E-state index contributed by atoms with van der Waals surface area (Å²) >= 11 is 0. The van der Waals surface area contributed by atoms with Crippen molar-refractivity contribution in [2.75, 3.05) is 17.6 Å². The first-order valence-corrected chi connectivity index (χ1v) is 9.49. The summed E-state index contributed by atoms with van der Waals surface area (Å²) in [6.45, 7) is 2.56. The van der Waals surface area contributed by atoms with Gasteiger partial charge in [0.15, 0.2) is 0 Å². The number of halogens is 1. The highest BCUT2D eigenvalue weighted by atomic mass is 19.1. The maximum Gasteiger partial charge on any atom is 0.230 e. The van der Waals surface area contributed by atoms with Gasteiger partial charge in [0.1, 0.15) is 18.0 Å². The van der Waals surface area contributed by atoms with Gasteiger partial charge in [0.25, 0.3) is 0 Å². The molecule has 4 rings (SSSR count). The Morgan fingerprint density at radius 1 is 1.37 bits per heavy atom. The summed E-state index contributed by atoms with van der Waals surface area (Å²) < 4.78 is 15.7. The van der Waals surface area contributed by atoms with Crippen LogP contribution in [0.2, 0.25) is 0 Å². The van der Waals surface area contributed by atoms with Gasteiger partial charge in [-0.2, -0.15) is 10.2 Å². The number of aryl methyl sites for hydroxylation is 2. The van der Waals surface area contributed by atoms with E-state index >= 15 is 0 Å². The summed E-state index contributed by atoms with van der Waals surface area (Å²) in [5.41, 5.74) is 10.0. The standard InChI is InChI=1S/C21H22FN7O/c1-13-7-15(22)8-18-19(13)20(17(9-24-18)21-25-11-26-28(21)2)27-29(12-30)10-14-3-5-16(23)6-4-14/h3-8,11-12,17,24H,9-10,23H2,1-2H3/b27-20-. The lowest BCUT2D eigenvalue weighted by molar-refractivity contribution is -0.118. The molecule has 1 amide bonds. The lowest BCUT2D eigenvalue weighted by atomic mass is 9.88. The fourth-order valence-corrected chi connectivity index (χ4v) is 3.70. The molecule has 3 N–H and O–H groups in total. The third kappa shape index (κ3) is 3.73. The number of hydrazone groups is 1. The van der Waals surface area contributed by atoms with Gasteiger partial charge in [0, 0.05) is 30.5 Å². The third-order valence-corrected chi connectivity index (χ3v) is 5.12. The zero-order chi connectivity index (χ0) is 21.3. The number of nitrogens with one attached hydrogen (secondary N) is 1. The topological polar surface area (TPSA) is 101 Å². The molecule has 154 valence electrons. The van der Waals surface area contributed by atoms with Gasteiger partial charge in [0.05, 0.1) is 18.2 Å². The largest absolute Gasteiger partial charge is 0.399 e. The van der Waals surface area contributed by atoms with Crippen molar-refractivity contribution in [2.24, 2.45) is 12.1 Å². The molecule has 0 bridgehead atoms. The minimum absolute atomic E-state index is 0.261. The summed E-state index contributed by atoms with van der Waals surface area (Å²) in [6, 6.07) is 10.2. The predicted octanol–water partition coefficient (Wildman–Crippen LogP) is 2.42. The number of hydrogen-bond acceptors (Lipinski definition) is 6. The summed E-state index contributed by atoms with van der Waals surface area (Å²) in [5.74, 6) is 0.112. The summed E-state index contributed by atoms with van der Waals surface area (Å²) in [4.78, 5) is 16.2. The average Bonchev–Trinajstić information content (AvgIpc) is 3.14. The van der Waals surface area contributed by atoms with Crippen LogP contribution in [0.25, 0.3) is 0 Å². The van der Waals surface area contributed by atoms with Crippen LogP contribution in [0.15, 0.2) is 47.8 Å². The second-order valence-electron chi connectivity index (χ2n) is 7.25. The van der Waals surface area contributed by atoms with Crippen LogP contribution in [-0.2, 0) is 18.4 Å². The van der Waals surface area contributed by atoms with E-state index in [1.165, 1.54) is 23.5 Å². The van der Waals surface area contributed by atoms with Crippen molar-refractivity contribution in [2.45, 2.75) is 19.4 Å². The number of carbonyl (C=O) groups is 1. The van der Waals surface area contributed by atoms with E-state index in [0.717, 1.165) is 16.7 Å². The van der Waals surface area contributed by atoms with Gasteiger partial charge >= 0.3 is 0 Å². The lowest BCUT2D eigenvalue weighted by Crippen LogP contribution is -2.33. The molecule has 0 fully saturated rings. The molecule has 1 aliphatic heterocycles. The van der Waals surface area contributed by atoms with Crippen LogP contribution < -0.4 is 11.1 Å². The molecule has 9 heteroatoms. The van der Waals surface area contributed by atoms with Crippen molar-refractivity contribution in [3.05, 3.63) is 71.1 Å². The van der Waals surface area contributed by atoms with Crippen molar-refractivity contribution in [3.8, 4) is 0 Å². The number of nitrogens with zero attached hydrogens (tertiary/aromatic N) is 5. The van der Waals surface area contributed by atoms with E-state index in [1.54, 1.807) is 23.9 Å². The highest BCUT2D eigenvalue weighted by Gasteiger charge is 2.32. The number of rotatable bonds is 5. The molecular weight excluding hydrogens is 385 g/mol.